The van der Waals surface area contributed by atoms with E-state index in [1.165, 1.54) is 32.1 Å². The van der Waals surface area contributed by atoms with Gasteiger partial charge in [-0.15, -0.1) is 11.6 Å². The molecule has 0 aliphatic heterocycles. The summed E-state index contributed by atoms with van der Waals surface area (Å²) < 4.78 is 0. The van der Waals surface area contributed by atoms with Crippen molar-refractivity contribution in [3.8, 4) is 6.07 Å². The van der Waals surface area contributed by atoms with Crippen molar-refractivity contribution in [2.75, 3.05) is 0 Å². The molecule has 3 heteroatoms. The molecule has 1 aromatic rings. The highest BCUT2D eigenvalue weighted by Gasteiger charge is 2.19. The molecule has 0 spiro atoms. The van der Waals surface area contributed by atoms with Crippen LogP contribution in [0.3, 0.4) is 0 Å². The third-order valence-electron chi connectivity index (χ3n) is 3.29. The van der Waals surface area contributed by atoms with Gasteiger partial charge in [0, 0.05) is 6.20 Å². The Kier molecular flexibility index (Phi) is 3.79. The monoisotopic (exact) mass is 234 g/mol. The Balaban J connectivity index is 2.29. The molecule has 0 bridgehead atoms. The molecule has 1 heterocycles. The van der Waals surface area contributed by atoms with Gasteiger partial charge in [-0.1, -0.05) is 19.3 Å². The molecular formula is C13H15ClN2. The van der Waals surface area contributed by atoms with Crippen molar-refractivity contribution >= 4 is 11.6 Å². The van der Waals surface area contributed by atoms with Crippen molar-refractivity contribution in [3.05, 3.63) is 29.1 Å². The Hall–Kier alpha value is -1.07. The molecule has 1 fully saturated rings. The van der Waals surface area contributed by atoms with Crippen LogP contribution in [-0.4, -0.2) is 4.98 Å². The van der Waals surface area contributed by atoms with Gasteiger partial charge in [0.05, 0.1) is 23.2 Å². The number of rotatable bonds is 2. The average molecular weight is 235 g/mol. The van der Waals surface area contributed by atoms with E-state index in [0.717, 1.165) is 16.8 Å². The summed E-state index contributed by atoms with van der Waals surface area (Å²) in [6.07, 6.45) is 8.10. The number of alkyl halides is 1. The second-order valence-electron chi connectivity index (χ2n) is 4.34. The molecular weight excluding hydrogens is 220 g/mol. The lowest BCUT2D eigenvalue weighted by molar-refractivity contribution is 0.442. The first-order valence-electron chi connectivity index (χ1n) is 5.80. The minimum absolute atomic E-state index is 0.375. The third kappa shape index (κ3) is 2.36. The predicted molar refractivity (Wildman–Crippen MR) is 64.3 cm³/mol. The highest BCUT2D eigenvalue weighted by molar-refractivity contribution is 6.16. The summed E-state index contributed by atoms with van der Waals surface area (Å²) in [4.78, 5) is 4.30. The van der Waals surface area contributed by atoms with Gasteiger partial charge in [0.15, 0.2) is 0 Å². The van der Waals surface area contributed by atoms with Gasteiger partial charge in [-0.05, 0) is 30.4 Å². The fraction of sp³-hybridized carbons (Fsp3) is 0.538. The number of hydrogen-bond acceptors (Lipinski definition) is 2. The van der Waals surface area contributed by atoms with Gasteiger partial charge in [-0.3, -0.25) is 4.98 Å². The van der Waals surface area contributed by atoms with Gasteiger partial charge in [0.1, 0.15) is 0 Å². The minimum atomic E-state index is 0.375. The van der Waals surface area contributed by atoms with E-state index in [1.807, 2.05) is 12.3 Å². The number of hydrogen-bond donors (Lipinski definition) is 0. The second kappa shape index (κ2) is 5.32. The Bertz CT molecular complexity index is 403. The number of halogens is 1. The summed E-state index contributed by atoms with van der Waals surface area (Å²) in [5.74, 6) is 0.903. The normalized spacial score (nSPS) is 17.0. The van der Waals surface area contributed by atoms with E-state index in [0.29, 0.717) is 11.8 Å². The lowest BCUT2D eigenvalue weighted by atomic mass is 9.83. The van der Waals surface area contributed by atoms with Crippen LogP contribution in [0.4, 0.5) is 0 Å². The summed E-state index contributed by atoms with van der Waals surface area (Å²) in [7, 11) is 0. The quantitative estimate of drug-likeness (QED) is 0.731. The van der Waals surface area contributed by atoms with Gasteiger partial charge in [0.25, 0.3) is 0 Å². The molecule has 84 valence electrons. The first-order chi connectivity index (χ1) is 7.85. The van der Waals surface area contributed by atoms with Crippen LogP contribution >= 0.6 is 11.6 Å². The van der Waals surface area contributed by atoms with Crippen LogP contribution in [0.5, 0.6) is 0 Å². The van der Waals surface area contributed by atoms with Gasteiger partial charge in [-0.25, -0.2) is 0 Å². The van der Waals surface area contributed by atoms with Gasteiger partial charge in [0.2, 0.25) is 0 Å². The van der Waals surface area contributed by atoms with Gasteiger partial charge >= 0.3 is 0 Å². The molecule has 16 heavy (non-hydrogen) atoms. The number of nitrogens with zero attached hydrogens (tertiary/aromatic N) is 2. The molecule has 1 saturated carbocycles. The molecule has 0 saturated heterocycles. The van der Waals surface area contributed by atoms with E-state index in [4.69, 9.17) is 16.9 Å². The van der Waals surface area contributed by atoms with Crippen molar-refractivity contribution < 1.29 is 0 Å². The van der Waals surface area contributed by atoms with Crippen LogP contribution in [0.25, 0.3) is 0 Å². The van der Waals surface area contributed by atoms with Crippen molar-refractivity contribution in [1.82, 2.24) is 4.98 Å². The van der Waals surface area contributed by atoms with E-state index in [9.17, 15) is 0 Å². The fourth-order valence-electron chi connectivity index (χ4n) is 2.42. The molecule has 2 nitrogen and oxygen atoms in total. The lowest BCUT2D eigenvalue weighted by Gasteiger charge is -2.22. The summed E-state index contributed by atoms with van der Waals surface area (Å²) in [5, 5.41) is 9.15. The van der Waals surface area contributed by atoms with Crippen molar-refractivity contribution in [2.45, 2.75) is 43.9 Å². The second-order valence-corrected chi connectivity index (χ2v) is 4.61. The number of nitriles is 1. The summed E-state index contributed by atoms with van der Waals surface area (Å²) in [6.45, 7) is 0. The van der Waals surface area contributed by atoms with Crippen LogP contribution in [-0.2, 0) is 5.88 Å². The summed E-state index contributed by atoms with van der Waals surface area (Å²) >= 11 is 5.72. The Labute approximate surface area is 101 Å². The van der Waals surface area contributed by atoms with Crippen LogP contribution in [0.2, 0.25) is 0 Å². The molecule has 0 radical (unpaired) electrons. The van der Waals surface area contributed by atoms with E-state index < -0.39 is 0 Å². The van der Waals surface area contributed by atoms with Gasteiger partial charge in [-0.2, -0.15) is 5.26 Å². The lowest BCUT2D eigenvalue weighted by Crippen LogP contribution is -2.07. The smallest absolute Gasteiger partial charge is 0.0995 e. The minimum Gasteiger partial charge on any atom is -0.260 e. The average Bonchev–Trinajstić information content (AvgIpc) is 2.39. The molecule has 0 amide bonds. The largest absolute Gasteiger partial charge is 0.260 e. The van der Waals surface area contributed by atoms with Crippen molar-refractivity contribution in [3.63, 3.8) is 0 Å². The maximum Gasteiger partial charge on any atom is 0.0995 e. The Morgan fingerprint density at radius 1 is 1.38 bits per heavy atom. The zero-order valence-corrected chi connectivity index (χ0v) is 10.0. The van der Waals surface area contributed by atoms with E-state index in [2.05, 4.69) is 11.1 Å². The molecule has 0 N–H and O–H groups in total. The third-order valence-corrected chi connectivity index (χ3v) is 3.57. The SMILES string of the molecule is N#Cc1cc(CCl)ncc1C1CCCCC1. The number of aromatic nitrogens is 1. The van der Waals surface area contributed by atoms with E-state index in [-0.39, 0.29) is 0 Å². The zero-order valence-electron chi connectivity index (χ0n) is 9.25. The highest BCUT2D eigenvalue weighted by Crippen LogP contribution is 2.34. The topological polar surface area (TPSA) is 36.7 Å². The first kappa shape index (κ1) is 11.4. The van der Waals surface area contributed by atoms with Crippen LogP contribution in [0.1, 0.15) is 54.8 Å². The molecule has 1 aliphatic rings. The molecule has 0 atom stereocenters. The molecule has 2 rings (SSSR count). The fourth-order valence-corrected chi connectivity index (χ4v) is 2.56. The molecule has 1 aromatic heterocycles. The van der Waals surface area contributed by atoms with Crippen LogP contribution in [0.15, 0.2) is 12.3 Å². The zero-order chi connectivity index (χ0) is 11.4. The van der Waals surface area contributed by atoms with Gasteiger partial charge < -0.3 is 0 Å². The van der Waals surface area contributed by atoms with Crippen LogP contribution < -0.4 is 0 Å². The van der Waals surface area contributed by atoms with E-state index >= 15 is 0 Å². The highest BCUT2D eigenvalue weighted by atomic mass is 35.5. The number of pyridine rings is 1. The standard InChI is InChI=1S/C13H15ClN2/c14-7-12-6-11(8-15)13(9-16-12)10-4-2-1-3-5-10/h6,9-10H,1-5,7H2. The molecule has 0 aromatic carbocycles. The summed E-state index contributed by atoms with van der Waals surface area (Å²) in [6, 6.07) is 4.10. The van der Waals surface area contributed by atoms with Crippen LogP contribution in [0, 0.1) is 11.3 Å². The van der Waals surface area contributed by atoms with Crippen molar-refractivity contribution in [1.29, 1.82) is 5.26 Å². The maximum atomic E-state index is 9.15. The first-order valence-corrected chi connectivity index (χ1v) is 6.33. The van der Waals surface area contributed by atoms with E-state index in [1.54, 1.807) is 0 Å². The Morgan fingerprint density at radius 3 is 2.75 bits per heavy atom. The molecule has 0 unspecified atom stereocenters. The Morgan fingerprint density at radius 2 is 2.12 bits per heavy atom. The summed E-state index contributed by atoms with van der Waals surface area (Å²) in [5.41, 5.74) is 2.67. The maximum absolute atomic E-state index is 9.15. The molecule has 1 aliphatic carbocycles. The predicted octanol–water partition coefficient (Wildman–Crippen LogP) is 3.74. The van der Waals surface area contributed by atoms with Crippen molar-refractivity contribution in [2.24, 2.45) is 0 Å².